The van der Waals surface area contributed by atoms with Crippen LogP contribution in [0, 0.1) is 0 Å². The first-order valence-electron chi connectivity index (χ1n) is 8.52. The minimum atomic E-state index is -0.372. The molecule has 0 aliphatic carbocycles. The third kappa shape index (κ3) is 4.22. The Hall–Kier alpha value is -1.86. The van der Waals surface area contributed by atoms with Gasteiger partial charge in [0, 0.05) is 22.8 Å². The second-order valence-electron chi connectivity index (χ2n) is 6.17. The quantitative estimate of drug-likeness (QED) is 0.736. The van der Waals surface area contributed by atoms with E-state index in [4.69, 9.17) is 4.74 Å². The Morgan fingerprint density at radius 3 is 3.04 bits per heavy atom. The monoisotopic (exact) mass is 407 g/mol. The maximum absolute atomic E-state index is 12.2. The number of urea groups is 1. The molecule has 0 spiro atoms. The van der Waals surface area contributed by atoms with Gasteiger partial charge >= 0.3 is 12.0 Å². The maximum atomic E-state index is 12.2. The molecule has 1 aromatic carbocycles. The van der Waals surface area contributed by atoms with Gasteiger partial charge in [-0.05, 0) is 44.0 Å². The van der Waals surface area contributed by atoms with Crippen LogP contribution in [-0.2, 0) is 9.53 Å². The summed E-state index contributed by atoms with van der Waals surface area (Å²) in [6, 6.07) is 8.30. The van der Waals surface area contributed by atoms with E-state index in [1.807, 2.05) is 12.1 Å². The highest BCUT2D eigenvalue weighted by molar-refractivity contribution is 9.10. The molecule has 134 valence electrons. The number of nitrogens with zero attached hydrogens (tertiary/aromatic N) is 1. The second kappa shape index (κ2) is 8.01. The summed E-state index contributed by atoms with van der Waals surface area (Å²) in [7, 11) is 0. The lowest BCUT2D eigenvalue weighted by atomic mass is 10.0. The van der Waals surface area contributed by atoms with Gasteiger partial charge in [0.05, 0.1) is 18.7 Å². The zero-order valence-corrected chi connectivity index (χ0v) is 15.8. The molecule has 1 fully saturated rings. The van der Waals surface area contributed by atoms with E-state index < -0.39 is 0 Å². The van der Waals surface area contributed by atoms with Crippen molar-refractivity contribution in [1.29, 1.82) is 0 Å². The number of ether oxygens (including phenoxy) is 1. The summed E-state index contributed by atoms with van der Waals surface area (Å²) in [5, 5.41) is 5.44. The molecule has 7 heteroatoms. The molecule has 1 atom stereocenters. The fourth-order valence-electron chi connectivity index (χ4n) is 3.39. The number of halogens is 1. The normalized spacial score (nSPS) is 21.0. The Kier molecular flexibility index (Phi) is 5.75. The number of nitrogens with one attached hydrogen (secondary N) is 2. The molecule has 0 saturated carbocycles. The van der Waals surface area contributed by atoms with Gasteiger partial charge in [0.2, 0.25) is 0 Å². The lowest BCUT2D eigenvalue weighted by Gasteiger charge is -2.29. The van der Waals surface area contributed by atoms with E-state index in [1.165, 1.54) is 5.56 Å². The van der Waals surface area contributed by atoms with Gasteiger partial charge in [-0.1, -0.05) is 28.1 Å². The fourth-order valence-corrected chi connectivity index (χ4v) is 3.81. The van der Waals surface area contributed by atoms with Crippen molar-refractivity contribution in [3.8, 4) is 0 Å². The minimum Gasteiger partial charge on any atom is -0.463 e. The predicted molar refractivity (Wildman–Crippen MR) is 97.9 cm³/mol. The molecule has 2 aliphatic rings. The highest BCUT2D eigenvalue weighted by atomic mass is 79.9. The van der Waals surface area contributed by atoms with E-state index in [9.17, 15) is 9.59 Å². The molecule has 1 aromatic rings. The van der Waals surface area contributed by atoms with E-state index in [1.54, 1.807) is 6.92 Å². The third-order valence-corrected chi connectivity index (χ3v) is 5.03. The van der Waals surface area contributed by atoms with Crippen LogP contribution < -0.4 is 10.6 Å². The van der Waals surface area contributed by atoms with Gasteiger partial charge in [0.15, 0.2) is 0 Å². The first-order valence-corrected chi connectivity index (χ1v) is 9.31. The Morgan fingerprint density at radius 2 is 2.28 bits per heavy atom. The van der Waals surface area contributed by atoms with Gasteiger partial charge in [0.25, 0.3) is 0 Å². The molecule has 2 aliphatic heterocycles. The van der Waals surface area contributed by atoms with Crippen LogP contribution in [0.1, 0.15) is 31.4 Å². The number of amides is 2. The molecule has 2 amide bonds. The number of hydrogen-bond donors (Lipinski definition) is 2. The maximum Gasteiger partial charge on any atom is 0.337 e. The highest BCUT2D eigenvalue weighted by Crippen LogP contribution is 2.33. The SMILES string of the molecule is CCOC(=O)C1=C(CN2CCCC2c2cccc(Br)c2)NC(=O)NC1. The topological polar surface area (TPSA) is 70.7 Å². The molecule has 6 nitrogen and oxygen atoms in total. The molecule has 25 heavy (non-hydrogen) atoms. The summed E-state index contributed by atoms with van der Waals surface area (Å²) in [4.78, 5) is 26.2. The van der Waals surface area contributed by atoms with Crippen molar-refractivity contribution in [3.63, 3.8) is 0 Å². The van der Waals surface area contributed by atoms with Crippen LogP contribution in [0.2, 0.25) is 0 Å². The summed E-state index contributed by atoms with van der Waals surface area (Å²) in [5.74, 6) is -0.372. The van der Waals surface area contributed by atoms with E-state index in [2.05, 4.69) is 43.6 Å². The number of hydrogen-bond acceptors (Lipinski definition) is 4. The van der Waals surface area contributed by atoms with Gasteiger partial charge in [-0.3, -0.25) is 4.90 Å². The van der Waals surface area contributed by atoms with Crippen LogP contribution in [0.3, 0.4) is 0 Å². The van der Waals surface area contributed by atoms with Crippen molar-refractivity contribution in [2.75, 3.05) is 26.2 Å². The number of carbonyl (C=O) groups excluding carboxylic acids is 2. The molecular formula is C18H22BrN3O3. The Bertz CT molecular complexity index is 705. The van der Waals surface area contributed by atoms with E-state index in [-0.39, 0.29) is 24.6 Å². The first kappa shape index (κ1) is 17.9. The van der Waals surface area contributed by atoms with Crippen molar-refractivity contribution in [2.45, 2.75) is 25.8 Å². The third-order valence-electron chi connectivity index (χ3n) is 4.53. The van der Waals surface area contributed by atoms with Crippen molar-refractivity contribution >= 4 is 27.9 Å². The number of rotatable bonds is 5. The van der Waals surface area contributed by atoms with Crippen LogP contribution in [0.4, 0.5) is 4.79 Å². The van der Waals surface area contributed by atoms with Crippen molar-refractivity contribution in [2.24, 2.45) is 0 Å². The molecular weight excluding hydrogens is 386 g/mol. The van der Waals surface area contributed by atoms with Crippen LogP contribution in [0.5, 0.6) is 0 Å². The number of likely N-dealkylation sites (tertiary alicyclic amines) is 1. The zero-order valence-electron chi connectivity index (χ0n) is 14.2. The van der Waals surface area contributed by atoms with Gasteiger partial charge in [-0.2, -0.15) is 0 Å². The molecule has 3 rings (SSSR count). The molecule has 2 heterocycles. The Balaban J connectivity index is 1.82. The minimum absolute atomic E-state index is 0.204. The molecule has 0 aromatic heterocycles. The van der Waals surface area contributed by atoms with Crippen molar-refractivity contribution < 1.29 is 14.3 Å². The van der Waals surface area contributed by atoms with Gasteiger partial charge in [-0.15, -0.1) is 0 Å². The van der Waals surface area contributed by atoms with Gasteiger partial charge < -0.3 is 15.4 Å². The standard InChI is InChI=1S/C18H22BrN3O3/c1-2-25-17(23)14-10-20-18(24)21-15(14)11-22-8-4-7-16(22)12-5-3-6-13(19)9-12/h3,5-6,9,16H,2,4,7-8,10-11H2,1H3,(H2,20,21,24). The second-order valence-corrected chi connectivity index (χ2v) is 7.08. The first-order chi connectivity index (χ1) is 12.1. The zero-order chi connectivity index (χ0) is 17.8. The molecule has 2 N–H and O–H groups in total. The highest BCUT2D eigenvalue weighted by Gasteiger charge is 2.30. The average molecular weight is 408 g/mol. The number of carbonyl (C=O) groups is 2. The fraction of sp³-hybridized carbons (Fsp3) is 0.444. The Morgan fingerprint density at radius 1 is 1.44 bits per heavy atom. The van der Waals surface area contributed by atoms with E-state index in [0.29, 0.717) is 24.4 Å². The van der Waals surface area contributed by atoms with Crippen LogP contribution in [0.15, 0.2) is 40.0 Å². The van der Waals surface area contributed by atoms with Crippen molar-refractivity contribution in [1.82, 2.24) is 15.5 Å². The van der Waals surface area contributed by atoms with Crippen LogP contribution >= 0.6 is 15.9 Å². The lowest BCUT2D eigenvalue weighted by molar-refractivity contribution is -0.138. The smallest absolute Gasteiger partial charge is 0.337 e. The molecule has 0 bridgehead atoms. The number of esters is 1. The van der Waals surface area contributed by atoms with Gasteiger partial charge in [0.1, 0.15) is 0 Å². The summed E-state index contributed by atoms with van der Waals surface area (Å²) < 4.78 is 6.18. The molecule has 1 saturated heterocycles. The average Bonchev–Trinajstić information content (AvgIpc) is 3.03. The number of benzene rings is 1. The summed E-state index contributed by atoms with van der Waals surface area (Å²) >= 11 is 3.53. The molecule has 1 unspecified atom stereocenters. The Labute approximate surface area is 155 Å². The summed E-state index contributed by atoms with van der Waals surface area (Å²) in [5.41, 5.74) is 2.39. The van der Waals surface area contributed by atoms with Crippen molar-refractivity contribution in [3.05, 3.63) is 45.6 Å². The van der Waals surface area contributed by atoms with E-state index in [0.717, 1.165) is 23.9 Å². The van der Waals surface area contributed by atoms with Gasteiger partial charge in [-0.25, -0.2) is 9.59 Å². The summed E-state index contributed by atoms with van der Waals surface area (Å²) in [6.45, 7) is 3.75. The van der Waals surface area contributed by atoms with Crippen LogP contribution in [-0.4, -0.2) is 43.1 Å². The van der Waals surface area contributed by atoms with Crippen LogP contribution in [0.25, 0.3) is 0 Å². The lowest BCUT2D eigenvalue weighted by Crippen LogP contribution is -2.46. The van der Waals surface area contributed by atoms with E-state index >= 15 is 0 Å². The largest absolute Gasteiger partial charge is 0.463 e. The summed E-state index contributed by atoms with van der Waals surface area (Å²) in [6.07, 6.45) is 2.15. The predicted octanol–water partition coefficient (Wildman–Crippen LogP) is 2.72. The molecule has 0 radical (unpaired) electrons.